The number of unbranched alkanes of at least 4 members (excludes halogenated alkanes) is 14. The second-order valence-corrected chi connectivity index (χ2v) is 17.9. The summed E-state index contributed by atoms with van der Waals surface area (Å²) in [5.74, 6) is -1.75. The van der Waals surface area contributed by atoms with Crippen LogP contribution in [0.1, 0.15) is 163 Å². The Morgan fingerprint density at radius 1 is 0.486 bits per heavy atom. The molecule has 0 spiro atoms. The molecule has 2 aromatic rings. The maximum atomic E-state index is 12.5. The van der Waals surface area contributed by atoms with Crippen LogP contribution in [0.4, 0.5) is 9.59 Å². The molecule has 0 unspecified atom stereocenters. The molecule has 3 rings (SSSR count). The van der Waals surface area contributed by atoms with Gasteiger partial charge in [0.15, 0.2) is 0 Å². The number of imide groups is 2. The predicted molar refractivity (Wildman–Crippen MR) is 263 cm³/mol. The van der Waals surface area contributed by atoms with Crippen molar-refractivity contribution in [2.24, 2.45) is 0 Å². The van der Waals surface area contributed by atoms with E-state index in [2.05, 4.69) is 30.4 Å². The first kappa shape index (κ1) is 58.4. The van der Waals surface area contributed by atoms with E-state index in [1.54, 1.807) is 0 Å². The third-order valence-corrected chi connectivity index (χ3v) is 12.6. The standard InChI is InChI=1S/C48H78N10O12/c1-3-57(47(67)68)43(63)37-35-55(45(65)51-41(37)61)29-19-15-11-7-5-9-13-17-23-39(59)49-25-21-27-53-31-33-54(34-32-53)28-22-26-50-40(60)24-18-14-10-6-8-12-16-20-30-56-36-38(42(62)52-46(56)66)44(64)58(4-2)48(69)70/h35-36H,3-34H2,1-2H3,(H,49,59)(H,50,60)(H,67,68)(H,69,70)(H,51,61,65)(H,52,62,66). The second-order valence-electron chi connectivity index (χ2n) is 17.9. The van der Waals surface area contributed by atoms with Crippen molar-refractivity contribution in [1.29, 1.82) is 0 Å². The molecule has 0 atom stereocenters. The maximum Gasteiger partial charge on any atom is 0.414 e. The average molecular weight is 987 g/mol. The quantitative estimate of drug-likeness (QED) is 0.0541. The summed E-state index contributed by atoms with van der Waals surface area (Å²) in [7, 11) is 0. The Kier molecular flexibility index (Phi) is 27.4. The zero-order chi connectivity index (χ0) is 51.3. The molecule has 3 heterocycles. The highest BCUT2D eigenvalue weighted by Gasteiger charge is 2.25. The van der Waals surface area contributed by atoms with Crippen LogP contribution in [-0.4, -0.2) is 150 Å². The predicted octanol–water partition coefficient (Wildman–Crippen LogP) is 4.02. The van der Waals surface area contributed by atoms with Gasteiger partial charge in [0.05, 0.1) is 0 Å². The molecule has 0 bridgehead atoms. The van der Waals surface area contributed by atoms with Crippen LogP contribution >= 0.6 is 0 Å². The number of nitrogens with one attached hydrogen (secondary N) is 4. The van der Waals surface area contributed by atoms with Gasteiger partial charge in [-0.2, -0.15) is 0 Å². The molecule has 2 aromatic heterocycles. The van der Waals surface area contributed by atoms with E-state index in [0.29, 0.717) is 61.7 Å². The molecule has 6 amide bonds. The van der Waals surface area contributed by atoms with Crippen LogP contribution in [0.25, 0.3) is 0 Å². The second kappa shape index (κ2) is 32.8. The van der Waals surface area contributed by atoms with Crippen LogP contribution in [0, 0.1) is 0 Å². The van der Waals surface area contributed by atoms with Crippen LogP contribution < -0.4 is 33.1 Å². The van der Waals surface area contributed by atoms with Crippen LogP contribution in [-0.2, 0) is 22.7 Å². The summed E-state index contributed by atoms with van der Waals surface area (Å²) < 4.78 is 2.48. The van der Waals surface area contributed by atoms with Gasteiger partial charge >= 0.3 is 23.6 Å². The van der Waals surface area contributed by atoms with Crippen molar-refractivity contribution in [2.45, 2.75) is 155 Å². The van der Waals surface area contributed by atoms with Gasteiger partial charge in [0.25, 0.3) is 22.9 Å². The highest BCUT2D eigenvalue weighted by molar-refractivity contribution is 6.02. The van der Waals surface area contributed by atoms with Crippen LogP contribution in [0.2, 0.25) is 0 Å². The Bertz CT molecular complexity index is 2060. The number of carbonyl (C=O) groups is 6. The molecule has 1 aliphatic heterocycles. The van der Waals surface area contributed by atoms with Gasteiger partial charge in [0.2, 0.25) is 11.8 Å². The number of hydrogen-bond acceptors (Lipinski definition) is 12. The highest BCUT2D eigenvalue weighted by atomic mass is 16.4. The molecule has 0 saturated carbocycles. The third kappa shape index (κ3) is 21.4. The largest absolute Gasteiger partial charge is 0.465 e. The minimum atomic E-state index is -1.47. The van der Waals surface area contributed by atoms with Crippen molar-refractivity contribution < 1.29 is 39.0 Å². The van der Waals surface area contributed by atoms with Gasteiger partial charge < -0.3 is 30.6 Å². The van der Waals surface area contributed by atoms with E-state index in [-0.39, 0.29) is 36.0 Å². The lowest BCUT2D eigenvalue weighted by atomic mass is 10.1. The number of aromatic amines is 2. The minimum Gasteiger partial charge on any atom is -0.465 e. The Hall–Kier alpha value is -5.90. The fourth-order valence-electron chi connectivity index (χ4n) is 8.41. The van der Waals surface area contributed by atoms with Crippen LogP contribution in [0.3, 0.4) is 0 Å². The molecule has 22 nitrogen and oxygen atoms in total. The number of carboxylic acid groups (broad SMARTS) is 2. The number of piperazine rings is 1. The van der Waals surface area contributed by atoms with E-state index >= 15 is 0 Å². The molecule has 70 heavy (non-hydrogen) atoms. The van der Waals surface area contributed by atoms with E-state index in [1.165, 1.54) is 23.0 Å². The molecule has 1 fully saturated rings. The molecular formula is C48H78N10O12. The number of nitrogens with zero attached hydrogens (tertiary/aromatic N) is 6. The fraction of sp³-hybridized carbons (Fsp3) is 0.708. The normalized spacial score (nSPS) is 12.9. The average Bonchev–Trinajstić information content (AvgIpc) is 3.32. The van der Waals surface area contributed by atoms with E-state index in [4.69, 9.17) is 0 Å². The lowest BCUT2D eigenvalue weighted by Crippen LogP contribution is -2.47. The Morgan fingerprint density at radius 3 is 1.11 bits per heavy atom. The number of aryl methyl sites for hydroxylation is 2. The van der Waals surface area contributed by atoms with Gasteiger partial charge in [0, 0.05) is 90.7 Å². The Morgan fingerprint density at radius 2 is 0.800 bits per heavy atom. The number of H-pyrrole nitrogens is 2. The molecule has 0 aromatic carbocycles. The van der Waals surface area contributed by atoms with Crippen molar-refractivity contribution in [1.82, 2.24) is 49.3 Å². The fourth-order valence-corrected chi connectivity index (χ4v) is 8.41. The lowest BCUT2D eigenvalue weighted by Gasteiger charge is -2.34. The molecule has 6 N–H and O–H groups in total. The van der Waals surface area contributed by atoms with Gasteiger partial charge in [-0.1, -0.05) is 77.0 Å². The first-order valence-corrected chi connectivity index (χ1v) is 25.4. The molecule has 1 aliphatic rings. The third-order valence-electron chi connectivity index (χ3n) is 12.6. The molecule has 0 radical (unpaired) electrons. The number of hydrogen-bond donors (Lipinski definition) is 6. The van der Waals surface area contributed by atoms with Gasteiger partial charge in [-0.3, -0.25) is 47.9 Å². The number of aromatic nitrogens is 4. The first-order valence-electron chi connectivity index (χ1n) is 25.4. The lowest BCUT2D eigenvalue weighted by molar-refractivity contribution is -0.122. The zero-order valence-corrected chi connectivity index (χ0v) is 41.4. The first-order chi connectivity index (χ1) is 33.7. The summed E-state index contributed by atoms with van der Waals surface area (Å²) in [6.07, 6.45) is 17.1. The summed E-state index contributed by atoms with van der Waals surface area (Å²) in [6, 6.07) is 0. The van der Waals surface area contributed by atoms with E-state index in [9.17, 15) is 58.2 Å². The molecule has 1 saturated heterocycles. The van der Waals surface area contributed by atoms with Gasteiger partial charge in [-0.05, 0) is 65.5 Å². The van der Waals surface area contributed by atoms with E-state index in [0.717, 1.165) is 154 Å². The topological polar surface area (TPSA) is 290 Å². The zero-order valence-electron chi connectivity index (χ0n) is 41.4. The van der Waals surface area contributed by atoms with Gasteiger partial charge in [-0.25, -0.2) is 29.0 Å². The van der Waals surface area contributed by atoms with Crippen molar-refractivity contribution in [3.63, 3.8) is 0 Å². The monoisotopic (exact) mass is 987 g/mol. The molecule has 0 aliphatic carbocycles. The van der Waals surface area contributed by atoms with Crippen molar-refractivity contribution in [3.8, 4) is 0 Å². The van der Waals surface area contributed by atoms with E-state index < -0.39 is 46.5 Å². The summed E-state index contributed by atoms with van der Waals surface area (Å²) in [5.41, 5.74) is -3.86. The number of rotatable bonds is 34. The van der Waals surface area contributed by atoms with Crippen molar-refractivity contribution in [3.05, 3.63) is 65.2 Å². The van der Waals surface area contributed by atoms with Crippen LogP contribution in [0.5, 0.6) is 0 Å². The summed E-state index contributed by atoms with van der Waals surface area (Å²) >= 11 is 0. The minimum absolute atomic E-state index is 0.0907. The van der Waals surface area contributed by atoms with E-state index in [1.807, 2.05) is 0 Å². The van der Waals surface area contributed by atoms with Crippen molar-refractivity contribution in [2.75, 3.05) is 65.4 Å². The summed E-state index contributed by atoms with van der Waals surface area (Å²) in [4.78, 5) is 131. The van der Waals surface area contributed by atoms with Crippen molar-refractivity contribution >= 4 is 35.8 Å². The smallest absolute Gasteiger partial charge is 0.414 e. The molecule has 392 valence electrons. The molecular weight excluding hydrogens is 909 g/mol. The number of amides is 6. The SMILES string of the molecule is CCN(C(=O)O)C(=O)c1cn(CCCCCCCCCCC(=O)NCCCN2CCN(CCCNC(=O)CCCCCCCCCCn3cc(C(=O)N(CC)C(=O)O)c(=O)[nH]c3=O)CC2)c(=O)[nH]c1=O. The summed E-state index contributed by atoms with van der Waals surface area (Å²) in [6.45, 7) is 10.5. The van der Waals surface area contributed by atoms with Gasteiger partial charge in [-0.15, -0.1) is 0 Å². The highest BCUT2D eigenvalue weighted by Crippen LogP contribution is 2.13. The molecule has 22 heteroatoms. The van der Waals surface area contributed by atoms with Gasteiger partial charge in [0.1, 0.15) is 11.1 Å². The van der Waals surface area contributed by atoms with Crippen LogP contribution in [0.15, 0.2) is 31.6 Å². The number of carbonyl (C=O) groups excluding carboxylic acids is 4. The maximum absolute atomic E-state index is 12.5. The Balaban J connectivity index is 1.09. The Labute approximate surface area is 409 Å². The summed E-state index contributed by atoms with van der Waals surface area (Å²) in [5, 5.41) is 24.5.